The number of aliphatic hydroxyl groups is 1. The minimum absolute atomic E-state index is 0.201. The number of benzene rings is 1. The molecule has 1 aromatic carbocycles. The molecule has 3 nitrogen and oxygen atoms in total. The topological polar surface area (TPSA) is 34.4 Å². The SMILES string of the molecule is CO[C@H]1CC[C@@]2(C)C(=CC[C@H]3[C@@H]4CC[C@H]([C@@](C)(O)c5cc6ccccc6n5C)[C@@]4(C)CC[C@@H]32)C1. The molecule has 3 heteroatoms. The summed E-state index contributed by atoms with van der Waals surface area (Å²) in [6.45, 7) is 7.21. The minimum Gasteiger partial charge on any atom is -0.384 e. The van der Waals surface area contributed by atoms with Crippen molar-refractivity contribution in [1.82, 2.24) is 4.57 Å². The molecule has 0 saturated heterocycles. The van der Waals surface area contributed by atoms with Gasteiger partial charge in [-0.05, 0) is 110 Å². The number of hydrogen-bond donors (Lipinski definition) is 1. The molecule has 4 aliphatic carbocycles. The summed E-state index contributed by atoms with van der Waals surface area (Å²) >= 11 is 0. The molecule has 1 aromatic heterocycles. The van der Waals surface area contributed by atoms with E-state index in [0.717, 1.165) is 30.4 Å². The fourth-order valence-electron chi connectivity index (χ4n) is 9.71. The number of para-hydroxylation sites is 1. The van der Waals surface area contributed by atoms with Gasteiger partial charge in [0.15, 0.2) is 0 Å². The van der Waals surface area contributed by atoms with Crippen molar-refractivity contribution in [2.45, 2.75) is 83.8 Å². The van der Waals surface area contributed by atoms with Crippen LogP contribution in [-0.2, 0) is 17.4 Å². The average Bonchev–Trinajstić information content (AvgIpc) is 3.36. The Hall–Kier alpha value is -1.58. The third kappa shape index (κ3) is 3.02. The first-order valence-electron chi connectivity index (χ1n) is 13.7. The zero-order valence-electron chi connectivity index (χ0n) is 21.8. The Kier molecular flexibility index (Phi) is 5.18. The van der Waals surface area contributed by atoms with Gasteiger partial charge < -0.3 is 14.4 Å². The Morgan fingerprint density at radius 3 is 2.62 bits per heavy atom. The van der Waals surface area contributed by atoms with E-state index >= 15 is 0 Å². The lowest BCUT2D eigenvalue weighted by Gasteiger charge is -2.59. The quantitative estimate of drug-likeness (QED) is 0.500. The highest BCUT2D eigenvalue weighted by Gasteiger charge is 2.61. The summed E-state index contributed by atoms with van der Waals surface area (Å²) in [4.78, 5) is 0. The monoisotopic (exact) mass is 461 g/mol. The Labute approximate surface area is 205 Å². The van der Waals surface area contributed by atoms with Crippen molar-refractivity contribution in [3.8, 4) is 0 Å². The predicted octanol–water partition coefficient (Wildman–Crippen LogP) is 6.98. The van der Waals surface area contributed by atoms with Crippen LogP contribution < -0.4 is 0 Å². The summed E-state index contributed by atoms with van der Waals surface area (Å²) < 4.78 is 8.00. The highest BCUT2D eigenvalue weighted by atomic mass is 16.5. The van der Waals surface area contributed by atoms with Crippen molar-refractivity contribution < 1.29 is 9.84 Å². The van der Waals surface area contributed by atoms with E-state index < -0.39 is 5.60 Å². The van der Waals surface area contributed by atoms with E-state index in [-0.39, 0.29) is 5.41 Å². The lowest BCUT2D eigenvalue weighted by atomic mass is 9.46. The number of ether oxygens (including phenoxy) is 1. The number of hydrogen-bond acceptors (Lipinski definition) is 2. The van der Waals surface area contributed by atoms with Crippen LogP contribution in [0.4, 0.5) is 0 Å². The van der Waals surface area contributed by atoms with Gasteiger partial charge in [0.25, 0.3) is 0 Å². The van der Waals surface area contributed by atoms with Crippen LogP contribution in [0.5, 0.6) is 0 Å². The molecule has 0 aliphatic heterocycles. The third-order valence-corrected chi connectivity index (χ3v) is 11.5. The van der Waals surface area contributed by atoms with Gasteiger partial charge in [-0.1, -0.05) is 43.7 Å². The number of aromatic nitrogens is 1. The average molecular weight is 462 g/mol. The largest absolute Gasteiger partial charge is 0.384 e. The van der Waals surface area contributed by atoms with Gasteiger partial charge in [-0.2, -0.15) is 0 Å². The van der Waals surface area contributed by atoms with Gasteiger partial charge in [-0.25, -0.2) is 0 Å². The minimum atomic E-state index is -0.819. The molecule has 3 fully saturated rings. The second-order valence-corrected chi connectivity index (χ2v) is 12.8. The normalized spacial score (nSPS) is 41.4. The molecule has 1 heterocycles. The molecule has 0 bridgehead atoms. The van der Waals surface area contributed by atoms with Crippen molar-refractivity contribution in [3.63, 3.8) is 0 Å². The Morgan fingerprint density at radius 1 is 1.06 bits per heavy atom. The molecule has 8 atom stereocenters. The van der Waals surface area contributed by atoms with Gasteiger partial charge in [0.2, 0.25) is 0 Å². The molecular formula is C31H43NO2. The van der Waals surface area contributed by atoms with Gasteiger partial charge >= 0.3 is 0 Å². The molecule has 0 amide bonds. The number of aryl methyl sites for hydroxylation is 1. The molecule has 3 saturated carbocycles. The molecule has 184 valence electrons. The highest BCUT2D eigenvalue weighted by Crippen LogP contribution is 2.68. The van der Waals surface area contributed by atoms with Crippen molar-refractivity contribution in [1.29, 1.82) is 0 Å². The van der Waals surface area contributed by atoms with E-state index in [4.69, 9.17) is 4.74 Å². The molecule has 6 rings (SSSR count). The Bertz CT molecular complexity index is 1130. The summed E-state index contributed by atoms with van der Waals surface area (Å²) in [5.41, 5.74) is 3.72. The van der Waals surface area contributed by atoms with Crippen LogP contribution in [0.1, 0.15) is 77.8 Å². The van der Waals surface area contributed by atoms with Gasteiger partial charge in [0.05, 0.1) is 11.8 Å². The first-order valence-corrected chi connectivity index (χ1v) is 13.7. The maximum absolute atomic E-state index is 12.2. The van der Waals surface area contributed by atoms with E-state index in [1.165, 1.54) is 49.4 Å². The van der Waals surface area contributed by atoms with E-state index in [9.17, 15) is 5.11 Å². The smallest absolute Gasteiger partial charge is 0.105 e. The standard InChI is InChI=1S/C31H43NO2/c1-29-16-14-22(34-5)19-21(29)10-11-23-24-12-13-27(30(24,2)17-15-25(23)29)31(3,33)28-18-20-8-6-7-9-26(20)32(28)4/h6-10,18,22-25,27,33H,11-17,19H2,1-5H3/t22-,23-,24-,25-,27-,29-,30-,31+/m0/s1. The molecule has 0 unspecified atom stereocenters. The van der Waals surface area contributed by atoms with E-state index in [0.29, 0.717) is 23.4 Å². The van der Waals surface area contributed by atoms with Crippen LogP contribution in [0.25, 0.3) is 10.9 Å². The van der Waals surface area contributed by atoms with Crippen molar-refractivity contribution in [3.05, 3.63) is 47.7 Å². The number of methoxy groups -OCH3 is 1. The summed E-state index contributed by atoms with van der Waals surface area (Å²) in [5.74, 6) is 2.58. The van der Waals surface area contributed by atoms with Crippen molar-refractivity contribution in [2.75, 3.05) is 7.11 Å². The zero-order valence-corrected chi connectivity index (χ0v) is 21.8. The number of nitrogens with zero attached hydrogens (tertiary/aromatic N) is 1. The van der Waals surface area contributed by atoms with Crippen LogP contribution in [0.2, 0.25) is 0 Å². The fourth-order valence-corrected chi connectivity index (χ4v) is 9.71. The van der Waals surface area contributed by atoms with Gasteiger partial charge in [-0.3, -0.25) is 0 Å². The third-order valence-electron chi connectivity index (χ3n) is 11.5. The van der Waals surface area contributed by atoms with Crippen LogP contribution in [0.3, 0.4) is 0 Å². The first kappa shape index (κ1) is 22.9. The molecule has 2 aromatic rings. The summed E-state index contributed by atoms with van der Waals surface area (Å²) in [6.07, 6.45) is 12.8. The van der Waals surface area contributed by atoms with E-state index in [1.807, 2.05) is 7.11 Å². The van der Waals surface area contributed by atoms with Gasteiger partial charge in [0, 0.05) is 19.7 Å². The first-order chi connectivity index (χ1) is 16.2. The molecule has 1 N–H and O–H groups in total. The lowest BCUT2D eigenvalue weighted by molar-refractivity contribution is -0.108. The summed E-state index contributed by atoms with van der Waals surface area (Å²) in [5, 5.41) is 13.4. The van der Waals surface area contributed by atoms with Crippen LogP contribution in [-0.4, -0.2) is 22.9 Å². The number of fused-ring (bicyclic) bond motifs is 6. The predicted molar refractivity (Wildman–Crippen MR) is 138 cm³/mol. The fraction of sp³-hybridized carbons (Fsp3) is 0.677. The van der Waals surface area contributed by atoms with Crippen LogP contribution in [0.15, 0.2) is 42.0 Å². The second kappa shape index (κ2) is 7.71. The van der Waals surface area contributed by atoms with Crippen molar-refractivity contribution in [2.24, 2.45) is 41.5 Å². The lowest BCUT2D eigenvalue weighted by Crippen LogP contribution is -2.52. The molecule has 34 heavy (non-hydrogen) atoms. The van der Waals surface area contributed by atoms with Crippen molar-refractivity contribution >= 4 is 10.9 Å². The van der Waals surface area contributed by atoms with Gasteiger partial charge in [-0.15, -0.1) is 0 Å². The maximum atomic E-state index is 12.2. The molecule has 0 radical (unpaired) electrons. The Morgan fingerprint density at radius 2 is 1.85 bits per heavy atom. The van der Waals surface area contributed by atoms with Crippen LogP contribution >= 0.6 is 0 Å². The summed E-state index contributed by atoms with van der Waals surface area (Å²) in [7, 11) is 4.01. The highest BCUT2D eigenvalue weighted by molar-refractivity contribution is 5.81. The van der Waals surface area contributed by atoms with Gasteiger partial charge in [0.1, 0.15) is 5.60 Å². The molecule has 0 spiro atoms. The molecular weight excluding hydrogens is 418 g/mol. The van der Waals surface area contributed by atoms with E-state index in [1.54, 1.807) is 5.57 Å². The Balaban J connectivity index is 1.32. The molecule has 4 aliphatic rings. The van der Waals surface area contributed by atoms with E-state index in [2.05, 4.69) is 68.8 Å². The number of rotatable bonds is 3. The van der Waals surface area contributed by atoms with Crippen LogP contribution in [0, 0.1) is 34.5 Å². The number of allylic oxidation sites excluding steroid dienone is 1. The maximum Gasteiger partial charge on any atom is 0.105 e. The second-order valence-electron chi connectivity index (χ2n) is 12.8. The zero-order chi connectivity index (χ0) is 23.9. The summed E-state index contributed by atoms with van der Waals surface area (Å²) in [6, 6.07) is 10.8.